The maximum atomic E-state index is 12.5. The summed E-state index contributed by atoms with van der Waals surface area (Å²) in [6, 6.07) is 1.42. The molecular formula is C11H13BrClNO4S2. The molecule has 5 nitrogen and oxygen atoms in total. The fraction of sp³-hybridized carbons (Fsp3) is 0.545. The molecule has 2 rings (SSSR count). The van der Waals surface area contributed by atoms with Crippen LogP contribution in [0, 0.1) is 5.92 Å². The molecule has 1 aliphatic rings. The fourth-order valence-electron chi connectivity index (χ4n) is 2.24. The van der Waals surface area contributed by atoms with Gasteiger partial charge >= 0.3 is 5.97 Å². The topological polar surface area (TPSA) is 74.7 Å². The van der Waals surface area contributed by atoms with Gasteiger partial charge in [0.2, 0.25) is 0 Å². The monoisotopic (exact) mass is 401 g/mol. The lowest BCUT2D eigenvalue weighted by molar-refractivity contribution is -0.138. The van der Waals surface area contributed by atoms with Crippen molar-refractivity contribution in [2.75, 3.05) is 13.1 Å². The number of thiophene rings is 1. The van der Waals surface area contributed by atoms with Crippen molar-refractivity contribution in [3.63, 3.8) is 0 Å². The van der Waals surface area contributed by atoms with Crippen molar-refractivity contribution in [2.45, 2.75) is 23.5 Å². The predicted molar refractivity (Wildman–Crippen MR) is 80.8 cm³/mol. The van der Waals surface area contributed by atoms with Gasteiger partial charge in [-0.25, -0.2) is 8.42 Å². The molecule has 0 radical (unpaired) electrons. The summed E-state index contributed by atoms with van der Waals surface area (Å²) in [6.45, 7) is 0.674. The zero-order valence-electron chi connectivity index (χ0n) is 10.4. The molecule has 0 aliphatic carbocycles. The number of rotatable bonds is 4. The molecular weight excluding hydrogens is 390 g/mol. The summed E-state index contributed by atoms with van der Waals surface area (Å²) in [5.74, 6) is -1.02. The van der Waals surface area contributed by atoms with Gasteiger partial charge in [-0.3, -0.25) is 4.79 Å². The normalized spacial score (nSPS) is 21.0. The maximum absolute atomic E-state index is 12.5. The third-order valence-corrected chi connectivity index (χ3v) is 7.95. The van der Waals surface area contributed by atoms with Gasteiger partial charge < -0.3 is 5.11 Å². The molecule has 0 aromatic carbocycles. The van der Waals surface area contributed by atoms with Crippen LogP contribution in [0.1, 0.15) is 19.3 Å². The molecule has 1 aromatic rings. The summed E-state index contributed by atoms with van der Waals surface area (Å²) < 4.78 is 27.1. The Hall–Kier alpha value is -0.150. The Kier molecular flexibility index (Phi) is 5.12. The number of carboxylic acids is 1. The fourth-order valence-corrected chi connectivity index (χ4v) is 6.35. The van der Waals surface area contributed by atoms with Gasteiger partial charge in [-0.1, -0.05) is 11.6 Å². The van der Waals surface area contributed by atoms with E-state index < -0.39 is 16.0 Å². The minimum absolute atomic E-state index is 0.000904. The van der Waals surface area contributed by atoms with E-state index in [2.05, 4.69) is 15.9 Å². The van der Waals surface area contributed by atoms with Gasteiger partial charge in [0.25, 0.3) is 10.0 Å². The summed E-state index contributed by atoms with van der Waals surface area (Å²) in [5.41, 5.74) is 0. The number of nitrogens with zero attached hydrogens (tertiary/aromatic N) is 1. The van der Waals surface area contributed by atoms with E-state index in [-0.39, 0.29) is 23.1 Å². The zero-order valence-corrected chi connectivity index (χ0v) is 14.4. The van der Waals surface area contributed by atoms with Crippen LogP contribution in [0.15, 0.2) is 14.1 Å². The molecule has 1 unspecified atom stereocenters. The first-order valence-electron chi connectivity index (χ1n) is 5.97. The van der Waals surface area contributed by atoms with Crippen LogP contribution in [0.5, 0.6) is 0 Å². The molecule has 1 aliphatic heterocycles. The van der Waals surface area contributed by atoms with Gasteiger partial charge in [0.1, 0.15) is 4.21 Å². The summed E-state index contributed by atoms with van der Waals surface area (Å²) in [7, 11) is -3.59. The first-order valence-corrected chi connectivity index (χ1v) is 9.40. The van der Waals surface area contributed by atoms with E-state index >= 15 is 0 Å². The van der Waals surface area contributed by atoms with Crippen LogP contribution < -0.4 is 0 Å². The molecule has 0 amide bonds. The first kappa shape index (κ1) is 16.2. The van der Waals surface area contributed by atoms with Gasteiger partial charge in [0.05, 0.1) is 8.81 Å². The van der Waals surface area contributed by atoms with E-state index in [0.717, 1.165) is 17.8 Å². The molecule has 1 N–H and O–H groups in total. The van der Waals surface area contributed by atoms with Crippen molar-refractivity contribution in [3.05, 3.63) is 14.9 Å². The second-order valence-electron chi connectivity index (χ2n) is 4.66. The second-order valence-corrected chi connectivity index (χ2v) is 9.60. The molecule has 1 atom stereocenters. The van der Waals surface area contributed by atoms with Crippen molar-refractivity contribution in [3.8, 4) is 0 Å². The van der Waals surface area contributed by atoms with E-state index in [1.165, 1.54) is 10.4 Å². The summed E-state index contributed by atoms with van der Waals surface area (Å²) in [4.78, 5) is 10.8. The molecule has 0 saturated carbocycles. The molecule has 0 spiro atoms. The Balaban J connectivity index is 2.19. The number of carbonyl (C=O) groups is 1. The number of hydrogen-bond acceptors (Lipinski definition) is 4. The standard InChI is InChI=1S/C11H13BrClNO4S2/c12-11-8(13)5-10(19-11)20(17,18)14-3-1-2-7(6-14)4-9(15)16/h5,7H,1-4,6H2,(H,15,16). The highest BCUT2D eigenvalue weighted by Crippen LogP contribution is 2.37. The minimum Gasteiger partial charge on any atom is -0.481 e. The van der Waals surface area contributed by atoms with Gasteiger partial charge in [-0.15, -0.1) is 11.3 Å². The van der Waals surface area contributed by atoms with Crippen LogP contribution in [-0.2, 0) is 14.8 Å². The molecule has 1 fully saturated rings. The van der Waals surface area contributed by atoms with Crippen LogP contribution in [0.4, 0.5) is 0 Å². The smallest absolute Gasteiger partial charge is 0.303 e. The molecule has 1 saturated heterocycles. The van der Waals surface area contributed by atoms with Crippen LogP contribution in [0.3, 0.4) is 0 Å². The SMILES string of the molecule is O=C(O)CC1CCCN(S(=O)(=O)c2cc(Cl)c(Br)s2)C1. The third-order valence-electron chi connectivity index (χ3n) is 3.16. The van der Waals surface area contributed by atoms with E-state index in [1.807, 2.05) is 0 Å². The van der Waals surface area contributed by atoms with Crippen molar-refractivity contribution in [1.29, 1.82) is 0 Å². The van der Waals surface area contributed by atoms with Crippen molar-refractivity contribution >= 4 is 54.9 Å². The average Bonchev–Trinajstić information content (AvgIpc) is 2.70. The maximum Gasteiger partial charge on any atom is 0.303 e. The van der Waals surface area contributed by atoms with Crippen molar-refractivity contribution in [1.82, 2.24) is 4.31 Å². The lowest BCUT2D eigenvalue weighted by Crippen LogP contribution is -2.40. The highest BCUT2D eigenvalue weighted by atomic mass is 79.9. The number of piperidine rings is 1. The van der Waals surface area contributed by atoms with E-state index in [9.17, 15) is 13.2 Å². The second kappa shape index (κ2) is 6.31. The van der Waals surface area contributed by atoms with Crippen LogP contribution >= 0.6 is 38.9 Å². The lowest BCUT2D eigenvalue weighted by Gasteiger charge is -2.30. The minimum atomic E-state index is -3.59. The van der Waals surface area contributed by atoms with Gasteiger partial charge in [-0.05, 0) is 40.8 Å². The van der Waals surface area contributed by atoms with Gasteiger partial charge in [-0.2, -0.15) is 4.31 Å². The van der Waals surface area contributed by atoms with Crippen molar-refractivity contribution < 1.29 is 18.3 Å². The molecule has 0 bridgehead atoms. The molecule has 112 valence electrons. The predicted octanol–water partition coefficient (Wildman–Crippen LogP) is 3.04. The summed E-state index contributed by atoms with van der Waals surface area (Å²) >= 11 is 10.1. The lowest BCUT2D eigenvalue weighted by atomic mass is 9.96. The Morgan fingerprint density at radius 3 is 2.85 bits per heavy atom. The Morgan fingerprint density at radius 2 is 2.30 bits per heavy atom. The van der Waals surface area contributed by atoms with Crippen LogP contribution in [0.2, 0.25) is 5.02 Å². The van der Waals surface area contributed by atoms with Crippen LogP contribution in [-0.4, -0.2) is 36.9 Å². The van der Waals surface area contributed by atoms with Gasteiger partial charge in [0, 0.05) is 19.5 Å². The molecule has 9 heteroatoms. The highest BCUT2D eigenvalue weighted by molar-refractivity contribution is 9.11. The Morgan fingerprint density at radius 1 is 1.60 bits per heavy atom. The van der Waals surface area contributed by atoms with Crippen molar-refractivity contribution in [2.24, 2.45) is 5.92 Å². The number of sulfonamides is 1. The highest BCUT2D eigenvalue weighted by Gasteiger charge is 2.32. The number of hydrogen-bond donors (Lipinski definition) is 1. The number of aliphatic carboxylic acids is 1. The molecule has 1 aromatic heterocycles. The van der Waals surface area contributed by atoms with Gasteiger partial charge in [0.15, 0.2) is 0 Å². The number of carboxylic acid groups (broad SMARTS) is 1. The molecule has 2 heterocycles. The quantitative estimate of drug-likeness (QED) is 0.840. The van der Waals surface area contributed by atoms with E-state index in [1.54, 1.807) is 0 Å². The zero-order chi connectivity index (χ0) is 14.9. The third kappa shape index (κ3) is 3.54. The number of halogens is 2. The van der Waals surface area contributed by atoms with E-state index in [4.69, 9.17) is 16.7 Å². The average molecular weight is 403 g/mol. The summed E-state index contributed by atoms with van der Waals surface area (Å²) in [5, 5.41) is 9.19. The van der Waals surface area contributed by atoms with Crippen LogP contribution in [0.25, 0.3) is 0 Å². The van der Waals surface area contributed by atoms with E-state index in [0.29, 0.717) is 21.8 Å². The summed E-state index contributed by atoms with van der Waals surface area (Å²) in [6.07, 6.45) is 1.42. The Labute approximate surface area is 134 Å². The largest absolute Gasteiger partial charge is 0.481 e. The molecule has 20 heavy (non-hydrogen) atoms. The Bertz CT molecular complexity index is 596. The first-order chi connectivity index (χ1) is 9.30.